The van der Waals surface area contributed by atoms with E-state index in [9.17, 15) is 0 Å². The molecule has 3 rings (SSSR count). The van der Waals surface area contributed by atoms with Gasteiger partial charge >= 0.3 is 0 Å². The molecule has 0 aliphatic carbocycles. The van der Waals surface area contributed by atoms with Crippen molar-refractivity contribution in [1.29, 1.82) is 0 Å². The highest BCUT2D eigenvalue weighted by Gasteiger charge is 2.39. The van der Waals surface area contributed by atoms with E-state index in [4.69, 9.17) is 0 Å². The summed E-state index contributed by atoms with van der Waals surface area (Å²) in [6.45, 7) is 7.08. The van der Waals surface area contributed by atoms with Gasteiger partial charge < -0.3 is 4.48 Å². The third kappa shape index (κ3) is 5.14. The van der Waals surface area contributed by atoms with Gasteiger partial charge in [0.05, 0.1) is 34.3 Å². The number of hydrogen-bond acceptors (Lipinski definition) is 0. The van der Waals surface area contributed by atoms with E-state index < -0.39 is 6.15 Å². The molecule has 0 saturated heterocycles. The van der Waals surface area contributed by atoms with Gasteiger partial charge in [0.2, 0.25) is 0 Å². The van der Waals surface area contributed by atoms with E-state index in [0.717, 1.165) is 4.48 Å². The van der Waals surface area contributed by atoms with Crippen LogP contribution in [-0.4, -0.2) is 38.8 Å². The van der Waals surface area contributed by atoms with Crippen LogP contribution in [0.3, 0.4) is 0 Å². The Balaban J connectivity index is 0.000000500. The van der Waals surface area contributed by atoms with Crippen LogP contribution in [0, 0.1) is 0 Å². The SMILES string of the molecule is CC(C)(C)[B-](c1ccccc1)(c1ccccc1)c1ccccc1.C[N+](C)(C)C. The lowest BCUT2D eigenvalue weighted by atomic mass is 9.07. The molecule has 0 aliphatic rings. The summed E-state index contributed by atoms with van der Waals surface area (Å²) in [6, 6.07) is 32.9. The van der Waals surface area contributed by atoms with Crippen LogP contribution in [0.4, 0.5) is 0 Å². The quantitative estimate of drug-likeness (QED) is 0.475. The van der Waals surface area contributed by atoms with E-state index in [1.807, 2.05) is 0 Å². The molecule has 0 heterocycles. The summed E-state index contributed by atoms with van der Waals surface area (Å²) in [5, 5.41) is 0.0874. The fourth-order valence-electron chi connectivity index (χ4n) is 4.30. The van der Waals surface area contributed by atoms with Gasteiger partial charge in [-0.05, 0) is 0 Å². The van der Waals surface area contributed by atoms with E-state index in [1.54, 1.807) is 0 Å². The molecule has 0 aromatic heterocycles. The maximum atomic E-state index is 2.36. The Bertz CT molecular complexity index is 726. The molecule has 0 aliphatic heterocycles. The van der Waals surface area contributed by atoms with E-state index in [-0.39, 0.29) is 5.31 Å². The van der Waals surface area contributed by atoms with Crippen LogP contribution in [0.1, 0.15) is 20.8 Å². The van der Waals surface area contributed by atoms with Crippen molar-refractivity contribution >= 4 is 22.5 Å². The molecule has 0 bridgehead atoms. The van der Waals surface area contributed by atoms with Gasteiger partial charge in [0.1, 0.15) is 0 Å². The van der Waals surface area contributed by atoms with Gasteiger partial charge in [0.15, 0.2) is 0 Å². The Morgan fingerprint density at radius 2 is 0.714 bits per heavy atom. The number of quaternary nitrogens is 1. The molecule has 0 unspecified atom stereocenters. The van der Waals surface area contributed by atoms with Gasteiger partial charge in [0.25, 0.3) is 0 Å². The number of nitrogens with zero attached hydrogens (tertiary/aromatic N) is 1. The molecule has 0 radical (unpaired) electrons. The normalized spacial score (nSPS) is 12.1. The maximum absolute atomic E-state index is 2.36. The lowest BCUT2D eigenvalue weighted by Crippen LogP contribution is -2.72. The van der Waals surface area contributed by atoms with Crippen molar-refractivity contribution in [2.45, 2.75) is 26.1 Å². The fourth-order valence-corrected chi connectivity index (χ4v) is 4.30. The first-order chi connectivity index (χ1) is 13.1. The molecule has 0 amide bonds. The molecule has 0 saturated carbocycles. The van der Waals surface area contributed by atoms with Crippen molar-refractivity contribution in [3.63, 3.8) is 0 Å². The second kappa shape index (κ2) is 8.79. The maximum Gasteiger partial charge on any atom is 0.0862 e. The highest BCUT2D eigenvalue weighted by atomic mass is 15.2. The van der Waals surface area contributed by atoms with Crippen molar-refractivity contribution in [2.75, 3.05) is 28.2 Å². The summed E-state index contributed by atoms with van der Waals surface area (Å²) < 4.78 is 1.00. The van der Waals surface area contributed by atoms with Gasteiger partial charge in [-0.1, -0.05) is 112 Å². The zero-order chi connectivity index (χ0) is 20.8. The van der Waals surface area contributed by atoms with Crippen LogP contribution in [0.2, 0.25) is 5.31 Å². The standard InChI is InChI=1S/C22H24B.C4H12N/c1-22(2,3)23(19-13-7-4-8-14-19,20-15-9-5-10-16-20)21-17-11-6-12-18-21;1-5(2,3)4/h4-18H,1-3H3;1-4H3/q-1;+1. The van der Waals surface area contributed by atoms with Crippen LogP contribution < -0.4 is 16.4 Å². The molecular weight excluding hydrogens is 337 g/mol. The summed E-state index contributed by atoms with van der Waals surface area (Å²) in [7, 11) is 8.50. The summed E-state index contributed by atoms with van der Waals surface area (Å²) in [6.07, 6.45) is -1.06. The molecule has 0 fully saturated rings. The van der Waals surface area contributed by atoms with Gasteiger partial charge in [-0.3, -0.25) is 0 Å². The molecule has 28 heavy (non-hydrogen) atoms. The van der Waals surface area contributed by atoms with Crippen molar-refractivity contribution in [1.82, 2.24) is 0 Å². The minimum Gasteiger partial charge on any atom is -0.333 e. The summed E-state index contributed by atoms with van der Waals surface area (Å²) in [4.78, 5) is 0. The predicted octanol–water partition coefficient (Wildman–Crippen LogP) is 4.28. The lowest BCUT2D eigenvalue weighted by Gasteiger charge is -2.54. The van der Waals surface area contributed by atoms with Crippen molar-refractivity contribution in [2.24, 2.45) is 0 Å². The van der Waals surface area contributed by atoms with Gasteiger partial charge in [0, 0.05) is 0 Å². The Hall–Kier alpha value is -2.32. The molecule has 0 atom stereocenters. The number of benzene rings is 3. The van der Waals surface area contributed by atoms with Gasteiger partial charge in [-0.2, -0.15) is 16.4 Å². The number of rotatable bonds is 3. The number of hydrogen-bond donors (Lipinski definition) is 0. The molecule has 0 N–H and O–H groups in total. The summed E-state index contributed by atoms with van der Waals surface area (Å²) >= 11 is 0. The molecule has 2 heteroatoms. The third-order valence-electron chi connectivity index (χ3n) is 5.20. The second-order valence-corrected chi connectivity index (χ2v) is 10.1. The highest BCUT2D eigenvalue weighted by molar-refractivity contribution is 7.13. The van der Waals surface area contributed by atoms with Gasteiger partial charge in [-0.25, -0.2) is 0 Å². The lowest BCUT2D eigenvalue weighted by molar-refractivity contribution is -0.849. The minimum absolute atomic E-state index is 0.0874. The van der Waals surface area contributed by atoms with Crippen LogP contribution in [0.5, 0.6) is 0 Å². The van der Waals surface area contributed by atoms with E-state index in [0.29, 0.717) is 0 Å². The van der Waals surface area contributed by atoms with Crippen LogP contribution >= 0.6 is 0 Å². The zero-order valence-corrected chi connectivity index (χ0v) is 18.7. The molecule has 3 aromatic carbocycles. The Labute approximate surface area is 172 Å². The van der Waals surface area contributed by atoms with E-state index >= 15 is 0 Å². The Kier molecular flexibility index (Phi) is 6.90. The summed E-state index contributed by atoms with van der Waals surface area (Å²) in [5.41, 5.74) is 4.20. The van der Waals surface area contributed by atoms with Crippen LogP contribution in [0.25, 0.3) is 0 Å². The molecule has 148 valence electrons. The molecule has 1 nitrogen and oxygen atoms in total. The van der Waals surface area contributed by atoms with Crippen LogP contribution in [0.15, 0.2) is 91.0 Å². The third-order valence-corrected chi connectivity index (χ3v) is 5.20. The average Bonchev–Trinajstić information content (AvgIpc) is 2.63. The first-order valence-corrected chi connectivity index (χ1v) is 10.2. The Morgan fingerprint density at radius 3 is 0.893 bits per heavy atom. The van der Waals surface area contributed by atoms with Crippen molar-refractivity contribution in [3.8, 4) is 0 Å². The molecular formula is C26H36BN. The minimum atomic E-state index is -1.06. The highest BCUT2D eigenvalue weighted by Crippen LogP contribution is 2.35. The summed E-state index contributed by atoms with van der Waals surface area (Å²) in [5.74, 6) is 0. The topological polar surface area (TPSA) is 0 Å². The Morgan fingerprint density at radius 1 is 0.500 bits per heavy atom. The van der Waals surface area contributed by atoms with E-state index in [1.165, 1.54) is 16.4 Å². The zero-order valence-electron chi connectivity index (χ0n) is 18.7. The first kappa shape index (κ1) is 22.0. The average molecular weight is 373 g/mol. The largest absolute Gasteiger partial charge is 0.333 e. The molecule has 3 aromatic rings. The smallest absolute Gasteiger partial charge is 0.0862 e. The second-order valence-electron chi connectivity index (χ2n) is 10.1. The molecule has 0 spiro atoms. The first-order valence-electron chi connectivity index (χ1n) is 10.2. The van der Waals surface area contributed by atoms with E-state index in [2.05, 4.69) is 140 Å². The van der Waals surface area contributed by atoms with Crippen LogP contribution in [-0.2, 0) is 0 Å². The van der Waals surface area contributed by atoms with Crippen molar-refractivity contribution in [3.05, 3.63) is 91.0 Å². The van der Waals surface area contributed by atoms with Gasteiger partial charge in [-0.15, -0.1) is 5.31 Å². The monoisotopic (exact) mass is 373 g/mol. The predicted molar refractivity (Wildman–Crippen MR) is 128 cm³/mol. The van der Waals surface area contributed by atoms with Crippen molar-refractivity contribution < 1.29 is 4.48 Å². The fraction of sp³-hybridized carbons (Fsp3) is 0.308.